The van der Waals surface area contributed by atoms with E-state index in [9.17, 15) is 0 Å². The van der Waals surface area contributed by atoms with E-state index in [4.69, 9.17) is 9.47 Å². The molecule has 0 radical (unpaired) electrons. The van der Waals surface area contributed by atoms with Crippen LogP contribution in [0.15, 0.2) is 54.6 Å². The molecule has 1 aliphatic heterocycles. The van der Waals surface area contributed by atoms with Crippen LogP contribution in [0.25, 0.3) is 0 Å². The Bertz CT molecular complexity index is 1250. The van der Waals surface area contributed by atoms with Crippen molar-refractivity contribution in [3.63, 3.8) is 0 Å². The summed E-state index contributed by atoms with van der Waals surface area (Å²) in [5.41, 5.74) is 7.81. The quantitative estimate of drug-likeness (QED) is 0.274. The molecule has 3 aromatic rings. The van der Waals surface area contributed by atoms with Crippen LogP contribution in [0.4, 0.5) is 10.1 Å². The van der Waals surface area contributed by atoms with Crippen molar-refractivity contribution in [1.82, 2.24) is 4.90 Å². The summed E-state index contributed by atoms with van der Waals surface area (Å²) in [7, 11) is 1.73. The van der Waals surface area contributed by atoms with Gasteiger partial charge in [0, 0.05) is 25.3 Å². The molecule has 208 valence electrons. The summed E-state index contributed by atoms with van der Waals surface area (Å²) < 4.78 is 26.3. The predicted molar refractivity (Wildman–Crippen MR) is 158 cm³/mol. The third-order valence-electron chi connectivity index (χ3n) is 8.56. The van der Waals surface area contributed by atoms with E-state index in [1.807, 2.05) is 6.07 Å². The summed E-state index contributed by atoms with van der Waals surface area (Å²) in [6.45, 7) is 9.57. The maximum absolute atomic E-state index is 15.0. The lowest BCUT2D eigenvalue weighted by Crippen LogP contribution is -2.33. The second-order valence-corrected chi connectivity index (χ2v) is 11.1. The van der Waals surface area contributed by atoms with Crippen LogP contribution in [-0.2, 0) is 19.4 Å². The predicted octanol–water partition coefficient (Wildman–Crippen LogP) is 7.31. The summed E-state index contributed by atoms with van der Waals surface area (Å²) in [6, 6.07) is 18.6. The summed E-state index contributed by atoms with van der Waals surface area (Å²) in [4.78, 5) is 4.80. The fourth-order valence-corrected chi connectivity index (χ4v) is 6.39. The van der Waals surface area contributed by atoms with Gasteiger partial charge in [0.2, 0.25) is 0 Å². The zero-order valence-electron chi connectivity index (χ0n) is 23.8. The Labute approximate surface area is 233 Å². The van der Waals surface area contributed by atoms with Crippen molar-refractivity contribution in [2.24, 2.45) is 0 Å². The number of aryl methyl sites for hydroxylation is 2. The number of likely N-dealkylation sites (tertiary alicyclic amines) is 1. The number of fused-ring (bicyclic) bond motifs is 1. The molecule has 0 bridgehead atoms. The average molecular weight is 531 g/mol. The summed E-state index contributed by atoms with van der Waals surface area (Å²) in [6.07, 6.45) is 7.03. The Morgan fingerprint density at radius 3 is 2.62 bits per heavy atom. The Balaban J connectivity index is 1.29. The van der Waals surface area contributed by atoms with E-state index in [1.54, 1.807) is 19.2 Å². The third-order valence-corrected chi connectivity index (χ3v) is 8.56. The molecule has 4 nitrogen and oxygen atoms in total. The largest absolute Gasteiger partial charge is 0.497 e. The molecule has 0 aromatic heterocycles. The number of rotatable bonds is 10. The number of ether oxygens (including phenoxy) is 2. The van der Waals surface area contributed by atoms with Crippen LogP contribution in [0.5, 0.6) is 11.5 Å². The first-order valence-electron chi connectivity index (χ1n) is 14.7. The maximum atomic E-state index is 15.0. The maximum Gasteiger partial charge on any atom is 0.165 e. The molecule has 0 saturated carbocycles. The van der Waals surface area contributed by atoms with Gasteiger partial charge in [0.05, 0.1) is 7.11 Å². The van der Waals surface area contributed by atoms with E-state index >= 15 is 4.39 Å². The number of nitrogens with zero attached hydrogens (tertiary/aromatic N) is 2. The van der Waals surface area contributed by atoms with Gasteiger partial charge in [0.25, 0.3) is 0 Å². The topological polar surface area (TPSA) is 24.9 Å². The number of anilines is 1. The molecule has 0 amide bonds. The first-order valence-corrected chi connectivity index (χ1v) is 14.7. The molecule has 5 rings (SSSR count). The minimum absolute atomic E-state index is 0.272. The van der Waals surface area contributed by atoms with Crippen molar-refractivity contribution < 1.29 is 13.9 Å². The molecule has 1 aliphatic carbocycles. The summed E-state index contributed by atoms with van der Waals surface area (Å²) in [5, 5.41) is 0. The molecule has 1 atom stereocenters. The van der Waals surface area contributed by atoms with Gasteiger partial charge in [0.15, 0.2) is 11.6 Å². The van der Waals surface area contributed by atoms with Gasteiger partial charge in [-0.1, -0.05) is 30.7 Å². The lowest BCUT2D eigenvalue weighted by molar-refractivity contribution is 0.180. The number of piperidine rings is 1. The van der Waals surface area contributed by atoms with Gasteiger partial charge in [-0.25, -0.2) is 4.39 Å². The van der Waals surface area contributed by atoms with Crippen molar-refractivity contribution in [2.75, 3.05) is 44.8 Å². The Morgan fingerprint density at radius 1 is 1.00 bits per heavy atom. The minimum atomic E-state index is -0.272. The Hall–Kier alpha value is -3.05. The van der Waals surface area contributed by atoms with Crippen LogP contribution in [0.1, 0.15) is 66.3 Å². The molecule has 3 aromatic carbocycles. The van der Waals surface area contributed by atoms with Gasteiger partial charge < -0.3 is 14.4 Å². The van der Waals surface area contributed by atoms with Crippen LogP contribution in [-0.4, -0.2) is 44.8 Å². The van der Waals surface area contributed by atoms with Crippen molar-refractivity contribution >= 4 is 5.69 Å². The van der Waals surface area contributed by atoms with Gasteiger partial charge in [-0.15, -0.1) is 0 Å². The van der Waals surface area contributed by atoms with Gasteiger partial charge in [0.1, 0.15) is 12.4 Å². The molecule has 1 heterocycles. The van der Waals surface area contributed by atoms with Crippen LogP contribution in [0.2, 0.25) is 0 Å². The number of methoxy groups -OCH3 is 1. The monoisotopic (exact) mass is 530 g/mol. The summed E-state index contributed by atoms with van der Waals surface area (Å²) in [5.74, 6) is 1.48. The Morgan fingerprint density at radius 2 is 1.85 bits per heavy atom. The van der Waals surface area contributed by atoms with E-state index in [2.05, 4.69) is 60.0 Å². The van der Waals surface area contributed by atoms with Crippen LogP contribution >= 0.6 is 0 Å². The first kappa shape index (κ1) is 27.5. The minimum Gasteiger partial charge on any atom is -0.497 e. The Kier molecular flexibility index (Phi) is 9.08. The lowest BCUT2D eigenvalue weighted by atomic mass is 9.78. The molecule has 0 spiro atoms. The van der Waals surface area contributed by atoms with Crippen LogP contribution in [0.3, 0.4) is 0 Å². The highest BCUT2D eigenvalue weighted by molar-refractivity contribution is 5.59. The first-order chi connectivity index (χ1) is 19.1. The van der Waals surface area contributed by atoms with E-state index in [-0.39, 0.29) is 5.82 Å². The highest BCUT2D eigenvalue weighted by Gasteiger charge is 2.26. The van der Waals surface area contributed by atoms with Gasteiger partial charge in [-0.2, -0.15) is 0 Å². The van der Waals surface area contributed by atoms with Crippen molar-refractivity contribution in [3.05, 3.63) is 88.2 Å². The number of hydrogen-bond donors (Lipinski definition) is 0. The highest BCUT2D eigenvalue weighted by atomic mass is 19.1. The molecule has 1 saturated heterocycles. The van der Waals surface area contributed by atoms with E-state index < -0.39 is 0 Å². The van der Waals surface area contributed by atoms with E-state index in [1.165, 1.54) is 47.2 Å². The number of halogens is 1. The average Bonchev–Trinajstić information content (AvgIpc) is 2.97. The molecule has 1 unspecified atom stereocenters. The van der Waals surface area contributed by atoms with E-state index in [0.29, 0.717) is 24.8 Å². The standard InChI is InChI=1S/C34H43FN2O2/c1-4-37(24-26-11-16-33(31(35)21-26)39-20-19-36-17-6-5-7-18-36)32-10-8-9-25(2)34(32)29-13-12-28-23-30(38-3)15-14-27(28)22-29/h8-11,14-16,21,23,29H,4-7,12-13,17-20,22,24H2,1-3H3. The van der Waals surface area contributed by atoms with Crippen LogP contribution in [0, 0.1) is 12.7 Å². The second kappa shape index (κ2) is 12.9. The molecule has 5 heteroatoms. The van der Waals surface area contributed by atoms with Gasteiger partial charge >= 0.3 is 0 Å². The highest BCUT2D eigenvalue weighted by Crippen LogP contribution is 2.40. The molecule has 1 fully saturated rings. The number of hydrogen-bond acceptors (Lipinski definition) is 4. The molecular weight excluding hydrogens is 487 g/mol. The fourth-order valence-electron chi connectivity index (χ4n) is 6.39. The van der Waals surface area contributed by atoms with E-state index in [0.717, 1.165) is 56.8 Å². The second-order valence-electron chi connectivity index (χ2n) is 11.1. The zero-order valence-corrected chi connectivity index (χ0v) is 23.8. The lowest BCUT2D eigenvalue weighted by Gasteiger charge is -2.33. The molecular formula is C34H43FN2O2. The fraction of sp³-hybridized carbons (Fsp3) is 0.471. The zero-order chi connectivity index (χ0) is 27.2. The SMILES string of the molecule is CCN(Cc1ccc(OCCN2CCCCC2)c(F)c1)c1cccc(C)c1C1CCc2cc(OC)ccc2C1. The van der Waals surface area contributed by atoms with Crippen molar-refractivity contribution in [2.45, 2.75) is 64.8 Å². The normalized spacial score (nSPS) is 17.5. The van der Waals surface area contributed by atoms with Gasteiger partial charge in [-0.05, 0) is 123 Å². The summed E-state index contributed by atoms with van der Waals surface area (Å²) >= 11 is 0. The van der Waals surface area contributed by atoms with Gasteiger partial charge in [-0.3, -0.25) is 4.90 Å². The number of benzene rings is 3. The van der Waals surface area contributed by atoms with Crippen molar-refractivity contribution in [3.8, 4) is 11.5 Å². The van der Waals surface area contributed by atoms with Crippen molar-refractivity contribution in [1.29, 1.82) is 0 Å². The van der Waals surface area contributed by atoms with Crippen LogP contribution < -0.4 is 14.4 Å². The third kappa shape index (κ3) is 6.58. The molecule has 2 aliphatic rings. The smallest absolute Gasteiger partial charge is 0.165 e. The molecule has 0 N–H and O–H groups in total. The molecule has 39 heavy (non-hydrogen) atoms.